The van der Waals surface area contributed by atoms with E-state index in [1.54, 1.807) is 7.11 Å². The summed E-state index contributed by atoms with van der Waals surface area (Å²) < 4.78 is 11.2. The molecule has 92 valence electrons. The molecule has 1 aliphatic carbocycles. The number of benzene rings is 1. The highest BCUT2D eigenvalue weighted by molar-refractivity contribution is 9.10. The van der Waals surface area contributed by atoms with E-state index in [0.717, 1.165) is 28.6 Å². The smallest absolute Gasteiger partial charge is 0.312 e. The van der Waals surface area contributed by atoms with Gasteiger partial charge in [0.25, 0.3) is 0 Å². The Hall–Kier alpha value is -1.03. The van der Waals surface area contributed by atoms with E-state index in [9.17, 15) is 4.79 Å². The fourth-order valence-corrected chi connectivity index (χ4v) is 2.48. The van der Waals surface area contributed by atoms with Gasteiger partial charge in [-0.3, -0.25) is 4.79 Å². The number of rotatable bonds is 4. The molecule has 0 aromatic heterocycles. The molecule has 0 aliphatic heterocycles. The molecule has 17 heavy (non-hydrogen) atoms. The molecule has 1 aliphatic rings. The van der Waals surface area contributed by atoms with Crippen molar-refractivity contribution in [1.82, 2.24) is 0 Å². The van der Waals surface area contributed by atoms with Gasteiger partial charge in [-0.2, -0.15) is 0 Å². The molecule has 0 amide bonds. The lowest BCUT2D eigenvalue weighted by Gasteiger charge is -2.15. The summed E-state index contributed by atoms with van der Waals surface area (Å²) in [7, 11) is 3.09. The maximum atomic E-state index is 11.7. The van der Waals surface area contributed by atoms with Crippen molar-refractivity contribution in [3.8, 4) is 5.75 Å². The SMILES string of the molecule is COC(=O)C1(Cc2cc(Br)ccc2OC)CC1. The van der Waals surface area contributed by atoms with Crippen LogP contribution in [0.4, 0.5) is 0 Å². The summed E-state index contributed by atoms with van der Waals surface area (Å²) in [5.41, 5.74) is 0.729. The standard InChI is InChI=1S/C13H15BrO3/c1-16-11-4-3-10(14)7-9(11)8-13(5-6-13)12(15)17-2/h3-4,7H,5-6,8H2,1-2H3. The summed E-state index contributed by atoms with van der Waals surface area (Å²) >= 11 is 3.44. The molecule has 0 atom stereocenters. The van der Waals surface area contributed by atoms with Crippen LogP contribution in [0, 0.1) is 5.41 Å². The Labute approximate surface area is 109 Å². The van der Waals surface area contributed by atoms with E-state index in [0.29, 0.717) is 6.42 Å². The van der Waals surface area contributed by atoms with Crippen molar-refractivity contribution in [2.75, 3.05) is 14.2 Å². The monoisotopic (exact) mass is 298 g/mol. The minimum atomic E-state index is -0.317. The van der Waals surface area contributed by atoms with Gasteiger partial charge in [0.2, 0.25) is 0 Å². The molecular formula is C13H15BrO3. The van der Waals surface area contributed by atoms with Crippen molar-refractivity contribution in [1.29, 1.82) is 0 Å². The first-order valence-corrected chi connectivity index (χ1v) is 6.31. The Morgan fingerprint density at radius 2 is 2.12 bits per heavy atom. The van der Waals surface area contributed by atoms with Crippen molar-refractivity contribution < 1.29 is 14.3 Å². The van der Waals surface area contributed by atoms with Gasteiger partial charge in [-0.25, -0.2) is 0 Å². The third kappa shape index (κ3) is 2.46. The molecular weight excluding hydrogens is 284 g/mol. The van der Waals surface area contributed by atoms with E-state index in [1.807, 2.05) is 18.2 Å². The maximum Gasteiger partial charge on any atom is 0.312 e. The Balaban J connectivity index is 2.24. The van der Waals surface area contributed by atoms with E-state index in [4.69, 9.17) is 9.47 Å². The van der Waals surface area contributed by atoms with Gasteiger partial charge in [-0.1, -0.05) is 15.9 Å². The highest BCUT2D eigenvalue weighted by atomic mass is 79.9. The topological polar surface area (TPSA) is 35.5 Å². The zero-order valence-electron chi connectivity index (χ0n) is 9.96. The molecule has 0 saturated heterocycles. The molecule has 2 rings (SSSR count). The molecule has 0 N–H and O–H groups in total. The number of carbonyl (C=O) groups excluding carboxylic acids is 1. The van der Waals surface area contributed by atoms with Gasteiger partial charge in [-0.05, 0) is 43.0 Å². The van der Waals surface area contributed by atoms with Crippen LogP contribution in [0.5, 0.6) is 5.75 Å². The lowest BCUT2D eigenvalue weighted by Crippen LogP contribution is -2.20. The second-order valence-corrected chi connectivity index (χ2v) is 5.32. The molecule has 0 heterocycles. The average molecular weight is 299 g/mol. The van der Waals surface area contributed by atoms with Gasteiger partial charge in [-0.15, -0.1) is 0 Å². The van der Waals surface area contributed by atoms with Crippen LogP contribution in [0.3, 0.4) is 0 Å². The summed E-state index contributed by atoms with van der Waals surface area (Å²) in [5, 5.41) is 0. The lowest BCUT2D eigenvalue weighted by atomic mass is 9.96. The molecule has 1 saturated carbocycles. The summed E-state index contributed by atoms with van der Waals surface area (Å²) in [6.45, 7) is 0. The van der Waals surface area contributed by atoms with Crippen LogP contribution >= 0.6 is 15.9 Å². The summed E-state index contributed by atoms with van der Waals surface area (Å²) in [5.74, 6) is 0.711. The number of methoxy groups -OCH3 is 2. The zero-order valence-corrected chi connectivity index (χ0v) is 11.5. The number of hydrogen-bond acceptors (Lipinski definition) is 3. The van der Waals surface area contributed by atoms with Gasteiger partial charge in [0, 0.05) is 4.47 Å². The molecule has 3 nitrogen and oxygen atoms in total. The van der Waals surface area contributed by atoms with Gasteiger partial charge in [0.1, 0.15) is 5.75 Å². The summed E-state index contributed by atoms with van der Waals surface area (Å²) in [6.07, 6.45) is 2.48. The highest BCUT2D eigenvalue weighted by Gasteiger charge is 2.51. The number of carbonyl (C=O) groups is 1. The van der Waals surface area contributed by atoms with Crippen molar-refractivity contribution in [2.45, 2.75) is 19.3 Å². The fraction of sp³-hybridized carbons (Fsp3) is 0.462. The lowest BCUT2D eigenvalue weighted by molar-refractivity contribution is -0.147. The third-order valence-electron chi connectivity index (χ3n) is 3.24. The second kappa shape index (κ2) is 4.69. The van der Waals surface area contributed by atoms with Gasteiger partial charge in [0.05, 0.1) is 19.6 Å². The Kier molecular flexibility index (Phi) is 3.43. The van der Waals surface area contributed by atoms with E-state index >= 15 is 0 Å². The van der Waals surface area contributed by atoms with E-state index < -0.39 is 0 Å². The molecule has 0 radical (unpaired) electrons. The predicted octanol–water partition coefficient (Wildman–Crippen LogP) is 2.95. The number of halogens is 1. The second-order valence-electron chi connectivity index (χ2n) is 4.40. The quantitative estimate of drug-likeness (QED) is 0.802. The van der Waals surface area contributed by atoms with Crippen molar-refractivity contribution in [3.63, 3.8) is 0 Å². The van der Waals surface area contributed by atoms with Crippen LogP contribution in [0.15, 0.2) is 22.7 Å². The average Bonchev–Trinajstić information content (AvgIpc) is 3.09. The van der Waals surface area contributed by atoms with Crippen LogP contribution in [-0.2, 0) is 16.0 Å². The van der Waals surface area contributed by atoms with E-state index in [1.165, 1.54) is 7.11 Å². The predicted molar refractivity (Wildman–Crippen MR) is 68.1 cm³/mol. The largest absolute Gasteiger partial charge is 0.496 e. The Bertz CT molecular complexity index is 438. The minimum absolute atomic E-state index is 0.112. The van der Waals surface area contributed by atoms with Crippen LogP contribution in [0.1, 0.15) is 18.4 Å². The first-order chi connectivity index (χ1) is 8.11. The maximum absolute atomic E-state index is 11.7. The van der Waals surface area contributed by atoms with Crippen LogP contribution < -0.4 is 4.74 Å². The number of ether oxygens (including phenoxy) is 2. The normalized spacial score (nSPS) is 16.4. The molecule has 0 unspecified atom stereocenters. The first kappa shape index (κ1) is 12.4. The van der Waals surface area contributed by atoms with Crippen LogP contribution in [0.2, 0.25) is 0 Å². The highest BCUT2D eigenvalue weighted by Crippen LogP contribution is 2.50. The van der Waals surface area contributed by atoms with Gasteiger partial charge >= 0.3 is 5.97 Å². The molecule has 1 aromatic rings. The van der Waals surface area contributed by atoms with Crippen LogP contribution in [-0.4, -0.2) is 20.2 Å². The molecule has 0 spiro atoms. The molecule has 1 fully saturated rings. The Morgan fingerprint density at radius 3 is 2.65 bits per heavy atom. The molecule has 0 bridgehead atoms. The molecule has 1 aromatic carbocycles. The number of hydrogen-bond donors (Lipinski definition) is 0. The minimum Gasteiger partial charge on any atom is -0.496 e. The van der Waals surface area contributed by atoms with E-state index in [2.05, 4.69) is 15.9 Å². The van der Waals surface area contributed by atoms with Gasteiger partial charge in [0.15, 0.2) is 0 Å². The van der Waals surface area contributed by atoms with Gasteiger partial charge < -0.3 is 9.47 Å². The Morgan fingerprint density at radius 1 is 1.41 bits per heavy atom. The van der Waals surface area contributed by atoms with Crippen molar-refractivity contribution in [3.05, 3.63) is 28.2 Å². The van der Waals surface area contributed by atoms with Crippen molar-refractivity contribution >= 4 is 21.9 Å². The number of esters is 1. The summed E-state index contributed by atoms with van der Waals surface area (Å²) in [4.78, 5) is 11.7. The fourth-order valence-electron chi connectivity index (χ4n) is 2.07. The van der Waals surface area contributed by atoms with E-state index in [-0.39, 0.29) is 11.4 Å². The molecule has 4 heteroatoms. The summed E-state index contributed by atoms with van der Waals surface area (Å²) in [6, 6.07) is 5.84. The van der Waals surface area contributed by atoms with Crippen molar-refractivity contribution in [2.24, 2.45) is 5.41 Å². The first-order valence-electron chi connectivity index (χ1n) is 5.52. The third-order valence-corrected chi connectivity index (χ3v) is 3.74. The zero-order chi connectivity index (χ0) is 12.5. The van der Waals surface area contributed by atoms with Crippen LogP contribution in [0.25, 0.3) is 0 Å².